The molecule has 2 rings (SSSR count). The van der Waals surface area contributed by atoms with Crippen molar-refractivity contribution in [3.8, 4) is 0 Å². The fourth-order valence-corrected chi connectivity index (χ4v) is 6.99. The zero-order valence-corrected chi connectivity index (χ0v) is 15.2. The number of nitrogens with zero attached hydrogens (tertiary/aromatic N) is 2. The molecule has 1 aliphatic heterocycles. The van der Waals surface area contributed by atoms with Crippen molar-refractivity contribution in [2.24, 2.45) is 0 Å². The fourth-order valence-electron chi connectivity index (χ4n) is 3.00. The molecule has 0 aliphatic carbocycles. The predicted molar refractivity (Wildman–Crippen MR) is 97.1 cm³/mol. The van der Waals surface area contributed by atoms with E-state index in [1.807, 2.05) is 12.5 Å². The summed E-state index contributed by atoms with van der Waals surface area (Å²) >= 11 is 4.41. The summed E-state index contributed by atoms with van der Waals surface area (Å²) in [5.41, 5.74) is 0. The highest BCUT2D eigenvalue weighted by atomic mass is 32.2. The Balaban J connectivity index is 1.83. The number of aromatic nitrogens is 2. The van der Waals surface area contributed by atoms with Crippen molar-refractivity contribution in [1.82, 2.24) is 9.55 Å². The second-order valence-electron chi connectivity index (χ2n) is 6.23. The van der Waals surface area contributed by atoms with Crippen molar-refractivity contribution in [1.29, 1.82) is 0 Å². The van der Waals surface area contributed by atoms with Gasteiger partial charge in [-0.05, 0) is 18.6 Å². The molecule has 0 spiro atoms. The minimum atomic E-state index is 0.378. The van der Waals surface area contributed by atoms with Gasteiger partial charge in [-0.1, -0.05) is 52.4 Å². The maximum Gasteiger partial charge on any atom is 0.0946 e. The number of hydrogen-bond acceptors (Lipinski definition) is 3. The topological polar surface area (TPSA) is 17.8 Å². The van der Waals surface area contributed by atoms with Crippen molar-refractivity contribution in [2.75, 3.05) is 5.75 Å². The van der Waals surface area contributed by atoms with Gasteiger partial charge in [0.15, 0.2) is 0 Å². The summed E-state index contributed by atoms with van der Waals surface area (Å²) in [5, 5.41) is 0.801. The molecule has 0 amide bonds. The van der Waals surface area contributed by atoms with E-state index >= 15 is 0 Å². The summed E-state index contributed by atoms with van der Waals surface area (Å²) in [6.45, 7) is 5.80. The van der Waals surface area contributed by atoms with Gasteiger partial charge in [-0.25, -0.2) is 4.98 Å². The smallest absolute Gasteiger partial charge is 0.0946 e. The van der Waals surface area contributed by atoms with Gasteiger partial charge in [0.25, 0.3) is 0 Å². The molecule has 21 heavy (non-hydrogen) atoms. The first kappa shape index (κ1) is 17.3. The van der Waals surface area contributed by atoms with Crippen LogP contribution in [0.1, 0.15) is 65.2 Å². The van der Waals surface area contributed by atoms with Crippen molar-refractivity contribution >= 4 is 23.5 Å². The van der Waals surface area contributed by atoms with E-state index in [4.69, 9.17) is 0 Å². The van der Waals surface area contributed by atoms with E-state index < -0.39 is 0 Å². The Kier molecular flexibility index (Phi) is 7.51. The molecule has 4 heteroatoms. The van der Waals surface area contributed by atoms with E-state index in [1.165, 1.54) is 57.1 Å². The molecule has 0 bridgehead atoms. The monoisotopic (exact) mass is 326 g/mol. The van der Waals surface area contributed by atoms with E-state index in [0.29, 0.717) is 4.08 Å². The van der Waals surface area contributed by atoms with Gasteiger partial charge in [-0.3, -0.25) is 0 Å². The summed E-state index contributed by atoms with van der Waals surface area (Å²) in [5.74, 6) is 1.32. The Morgan fingerprint density at radius 3 is 2.76 bits per heavy atom. The standard InChI is InChI=1S/C17H30N2S2/c1-3-4-5-6-7-8-10-17(14-19-12-11-18-15-19)20-13-9-16(2)21-17/h11-12,15-16H,3-10,13-14H2,1-2H3. The maximum atomic E-state index is 4.21. The minimum Gasteiger partial charge on any atom is -0.335 e. The quantitative estimate of drug-likeness (QED) is 0.551. The first-order valence-corrected chi connectivity index (χ1v) is 10.4. The van der Waals surface area contributed by atoms with E-state index in [1.54, 1.807) is 0 Å². The van der Waals surface area contributed by atoms with Crippen LogP contribution in [-0.4, -0.2) is 24.6 Å². The van der Waals surface area contributed by atoms with E-state index in [2.05, 4.69) is 53.1 Å². The Morgan fingerprint density at radius 2 is 2.05 bits per heavy atom. The lowest BCUT2D eigenvalue weighted by atomic mass is 10.1. The van der Waals surface area contributed by atoms with Gasteiger partial charge < -0.3 is 4.57 Å². The summed E-state index contributed by atoms with van der Waals surface area (Å²) in [7, 11) is 0. The molecular weight excluding hydrogens is 296 g/mol. The van der Waals surface area contributed by atoms with Crippen molar-refractivity contribution in [2.45, 2.75) is 81.1 Å². The molecule has 0 aromatic carbocycles. The highest BCUT2D eigenvalue weighted by Crippen LogP contribution is 2.49. The predicted octanol–water partition coefficient (Wildman–Crippen LogP) is 5.59. The average molecular weight is 327 g/mol. The Labute approximate surface area is 138 Å². The van der Waals surface area contributed by atoms with Gasteiger partial charge in [0.1, 0.15) is 0 Å². The van der Waals surface area contributed by atoms with Crippen LogP contribution in [0.15, 0.2) is 18.7 Å². The Morgan fingerprint density at radius 1 is 1.24 bits per heavy atom. The van der Waals surface area contributed by atoms with Gasteiger partial charge in [0, 0.05) is 24.2 Å². The summed E-state index contributed by atoms with van der Waals surface area (Å²) in [6.07, 6.45) is 17.1. The van der Waals surface area contributed by atoms with Crippen molar-refractivity contribution < 1.29 is 0 Å². The zero-order chi connectivity index (χ0) is 15.0. The first-order valence-electron chi connectivity index (χ1n) is 8.51. The number of thioether (sulfide) groups is 2. The van der Waals surface area contributed by atoms with Gasteiger partial charge in [0.2, 0.25) is 0 Å². The molecule has 1 fully saturated rings. The molecule has 0 N–H and O–H groups in total. The van der Waals surface area contributed by atoms with Crippen molar-refractivity contribution in [3.05, 3.63) is 18.7 Å². The largest absolute Gasteiger partial charge is 0.335 e. The molecule has 2 atom stereocenters. The number of rotatable bonds is 9. The van der Waals surface area contributed by atoms with Gasteiger partial charge in [-0.2, -0.15) is 0 Å². The summed E-state index contributed by atoms with van der Waals surface area (Å²) < 4.78 is 2.65. The van der Waals surface area contributed by atoms with Crippen LogP contribution in [0.5, 0.6) is 0 Å². The molecule has 120 valence electrons. The number of unbranched alkanes of at least 4 members (excludes halogenated alkanes) is 5. The summed E-state index contributed by atoms with van der Waals surface area (Å²) in [6, 6.07) is 0. The maximum absolute atomic E-state index is 4.21. The molecule has 1 saturated heterocycles. The molecule has 0 saturated carbocycles. The van der Waals surface area contributed by atoms with Crippen LogP contribution in [-0.2, 0) is 6.54 Å². The lowest BCUT2D eigenvalue weighted by Gasteiger charge is -2.39. The second-order valence-corrected chi connectivity index (χ2v) is 9.79. The van der Waals surface area contributed by atoms with E-state index in [-0.39, 0.29) is 0 Å². The van der Waals surface area contributed by atoms with Crippen LogP contribution in [0.3, 0.4) is 0 Å². The highest BCUT2D eigenvalue weighted by molar-refractivity contribution is 8.19. The van der Waals surface area contributed by atoms with Crippen LogP contribution in [0, 0.1) is 0 Å². The third kappa shape index (κ3) is 5.90. The third-order valence-corrected chi connectivity index (χ3v) is 7.54. The molecule has 1 aromatic rings. The van der Waals surface area contributed by atoms with Crippen LogP contribution in [0.25, 0.3) is 0 Å². The average Bonchev–Trinajstić information content (AvgIpc) is 2.95. The van der Waals surface area contributed by atoms with Crippen LogP contribution in [0.2, 0.25) is 0 Å². The summed E-state index contributed by atoms with van der Waals surface area (Å²) in [4.78, 5) is 4.21. The Hall–Kier alpha value is -0.0900. The van der Waals surface area contributed by atoms with Gasteiger partial charge in [-0.15, -0.1) is 23.5 Å². The molecule has 1 aliphatic rings. The van der Waals surface area contributed by atoms with Gasteiger partial charge >= 0.3 is 0 Å². The first-order chi connectivity index (χ1) is 10.2. The molecule has 0 radical (unpaired) electrons. The molecule has 2 unspecified atom stereocenters. The normalized spacial score (nSPS) is 26.1. The number of imidazole rings is 1. The molecule has 2 nitrogen and oxygen atoms in total. The van der Waals surface area contributed by atoms with Crippen LogP contribution in [0.4, 0.5) is 0 Å². The number of hydrogen-bond donors (Lipinski definition) is 0. The van der Waals surface area contributed by atoms with Gasteiger partial charge in [0.05, 0.1) is 10.4 Å². The second kappa shape index (κ2) is 9.14. The third-order valence-electron chi connectivity index (χ3n) is 4.20. The lowest BCUT2D eigenvalue weighted by Crippen LogP contribution is -2.33. The highest BCUT2D eigenvalue weighted by Gasteiger charge is 2.36. The Bertz CT molecular complexity index is 380. The molecule has 1 aromatic heterocycles. The lowest BCUT2D eigenvalue weighted by molar-refractivity contribution is 0.528. The van der Waals surface area contributed by atoms with Crippen LogP contribution < -0.4 is 0 Å². The molecular formula is C17H30N2S2. The van der Waals surface area contributed by atoms with E-state index in [9.17, 15) is 0 Å². The van der Waals surface area contributed by atoms with E-state index in [0.717, 1.165) is 11.8 Å². The zero-order valence-electron chi connectivity index (χ0n) is 13.6. The SMILES string of the molecule is CCCCCCCCC1(Cn2ccnc2)SCCC(C)S1. The minimum absolute atomic E-state index is 0.378. The molecule has 2 heterocycles. The van der Waals surface area contributed by atoms with Crippen molar-refractivity contribution in [3.63, 3.8) is 0 Å². The fraction of sp³-hybridized carbons (Fsp3) is 0.824. The van der Waals surface area contributed by atoms with Crippen LogP contribution >= 0.6 is 23.5 Å².